The van der Waals surface area contributed by atoms with Gasteiger partial charge in [-0.2, -0.15) is 4.98 Å². The monoisotopic (exact) mass is 399 g/mol. The summed E-state index contributed by atoms with van der Waals surface area (Å²) in [5, 5.41) is 4.11. The van der Waals surface area contributed by atoms with Gasteiger partial charge in [0.05, 0.1) is 5.56 Å². The highest BCUT2D eigenvalue weighted by Gasteiger charge is 2.17. The molecule has 0 fully saturated rings. The first kappa shape index (κ1) is 19.4. The van der Waals surface area contributed by atoms with Crippen molar-refractivity contribution in [3.63, 3.8) is 0 Å². The molecule has 0 radical (unpaired) electrons. The predicted octanol–water partition coefficient (Wildman–Crippen LogP) is 4.75. The summed E-state index contributed by atoms with van der Waals surface area (Å²) in [7, 11) is 1.72. The zero-order valence-corrected chi connectivity index (χ0v) is 16.8. The minimum atomic E-state index is -0.165. The number of ether oxygens (including phenoxy) is 1. The summed E-state index contributed by atoms with van der Waals surface area (Å²) in [5.41, 5.74) is 3.41. The minimum absolute atomic E-state index is 0.110. The summed E-state index contributed by atoms with van der Waals surface area (Å²) in [4.78, 5) is 18.6. The Kier molecular flexibility index (Phi) is 5.57. The lowest BCUT2D eigenvalue weighted by molar-refractivity contribution is -0.120. The van der Waals surface area contributed by atoms with E-state index in [0.717, 1.165) is 16.8 Å². The van der Waals surface area contributed by atoms with E-state index in [-0.39, 0.29) is 12.5 Å². The van der Waals surface area contributed by atoms with Gasteiger partial charge in [-0.25, -0.2) is 0 Å². The number of amides is 1. The maximum Gasteiger partial charge on any atom is 0.264 e. The Bertz CT molecular complexity index is 1160. The van der Waals surface area contributed by atoms with Crippen molar-refractivity contribution < 1.29 is 14.1 Å². The van der Waals surface area contributed by atoms with E-state index in [4.69, 9.17) is 9.26 Å². The van der Waals surface area contributed by atoms with E-state index >= 15 is 0 Å². The van der Waals surface area contributed by atoms with Gasteiger partial charge in [-0.1, -0.05) is 59.8 Å². The molecule has 150 valence electrons. The van der Waals surface area contributed by atoms with Crippen LogP contribution in [-0.2, 0) is 4.79 Å². The van der Waals surface area contributed by atoms with Crippen molar-refractivity contribution in [3.8, 4) is 28.6 Å². The highest BCUT2D eigenvalue weighted by atomic mass is 16.5. The normalized spacial score (nSPS) is 10.6. The molecule has 6 nitrogen and oxygen atoms in total. The van der Waals surface area contributed by atoms with Crippen molar-refractivity contribution in [1.82, 2.24) is 10.1 Å². The molecule has 1 heterocycles. The topological polar surface area (TPSA) is 68.5 Å². The van der Waals surface area contributed by atoms with Crippen LogP contribution in [0, 0.1) is 6.92 Å². The van der Waals surface area contributed by atoms with Crippen LogP contribution in [0.1, 0.15) is 5.56 Å². The van der Waals surface area contributed by atoms with Gasteiger partial charge >= 0.3 is 0 Å². The lowest BCUT2D eigenvalue weighted by atomic mass is 10.1. The van der Waals surface area contributed by atoms with Gasteiger partial charge in [-0.15, -0.1) is 0 Å². The first-order chi connectivity index (χ1) is 14.6. The van der Waals surface area contributed by atoms with E-state index in [1.165, 1.54) is 0 Å². The van der Waals surface area contributed by atoms with Crippen LogP contribution in [-0.4, -0.2) is 29.7 Å². The number of aryl methyl sites for hydroxylation is 1. The molecule has 0 bridgehead atoms. The Balaban J connectivity index is 1.52. The van der Waals surface area contributed by atoms with E-state index in [0.29, 0.717) is 23.0 Å². The first-order valence-electron chi connectivity index (χ1n) is 9.57. The summed E-state index contributed by atoms with van der Waals surface area (Å²) < 4.78 is 11.3. The number of carbonyl (C=O) groups is 1. The van der Waals surface area contributed by atoms with Crippen LogP contribution in [0.3, 0.4) is 0 Å². The molecule has 0 N–H and O–H groups in total. The Hall–Kier alpha value is -3.93. The van der Waals surface area contributed by atoms with Gasteiger partial charge in [0.15, 0.2) is 6.61 Å². The van der Waals surface area contributed by atoms with Gasteiger partial charge in [-0.05, 0) is 36.8 Å². The molecule has 0 saturated carbocycles. The zero-order chi connectivity index (χ0) is 20.9. The van der Waals surface area contributed by atoms with Gasteiger partial charge < -0.3 is 14.2 Å². The molecule has 0 spiro atoms. The molecule has 0 aliphatic heterocycles. The van der Waals surface area contributed by atoms with Crippen molar-refractivity contribution in [1.29, 1.82) is 0 Å². The molecule has 0 aliphatic carbocycles. The number of hydrogen-bond donors (Lipinski definition) is 0. The quantitative estimate of drug-likeness (QED) is 0.468. The van der Waals surface area contributed by atoms with Crippen LogP contribution in [0.4, 0.5) is 5.69 Å². The predicted molar refractivity (Wildman–Crippen MR) is 115 cm³/mol. The highest BCUT2D eigenvalue weighted by molar-refractivity contribution is 5.94. The van der Waals surface area contributed by atoms with Gasteiger partial charge in [0.25, 0.3) is 11.8 Å². The lowest BCUT2D eigenvalue weighted by Crippen LogP contribution is -2.31. The van der Waals surface area contributed by atoms with Crippen molar-refractivity contribution in [3.05, 3.63) is 84.4 Å². The number of carbonyl (C=O) groups excluding carboxylic acids is 1. The SMILES string of the molecule is Cc1ccccc1-c1noc(-c2ccccc2OCC(=O)N(C)c2ccccc2)n1. The van der Waals surface area contributed by atoms with E-state index in [1.54, 1.807) is 18.0 Å². The second-order valence-corrected chi connectivity index (χ2v) is 6.81. The Morgan fingerprint density at radius 1 is 0.933 bits per heavy atom. The summed E-state index contributed by atoms with van der Waals surface area (Å²) in [6, 6.07) is 24.6. The smallest absolute Gasteiger partial charge is 0.264 e. The number of aromatic nitrogens is 2. The molecule has 1 amide bonds. The number of para-hydroxylation sites is 2. The fraction of sp³-hybridized carbons (Fsp3) is 0.125. The number of rotatable bonds is 6. The van der Waals surface area contributed by atoms with Crippen molar-refractivity contribution >= 4 is 11.6 Å². The largest absolute Gasteiger partial charge is 0.483 e. The molecule has 4 aromatic rings. The number of anilines is 1. The highest BCUT2D eigenvalue weighted by Crippen LogP contribution is 2.31. The third-order valence-corrected chi connectivity index (χ3v) is 4.80. The van der Waals surface area contributed by atoms with Crippen molar-refractivity contribution in [2.75, 3.05) is 18.6 Å². The molecular weight excluding hydrogens is 378 g/mol. The third-order valence-electron chi connectivity index (χ3n) is 4.80. The number of nitrogens with zero attached hydrogens (tertiary/aromatic N) is 3. The molecule has 0 unspecified atom stereocenters. The molecule has 4 rings (SSSR count). The van der Waals surface area contributed by atoms with Crippen LogP contribution < -0.4 is 9.64 Å². The average Bonchev–Trinajstić information content (AvgIpc) is 3.28. The fourth-order valence-electron chi connectivity index (χ4n) is 3.07. The van der Waals surface area contributed by atoms with Crippen LogP contribution in [0.5, 0.6) is 5.75 Å². The number of hydrogen-bond acceptors (Lipinski definition) is 5. The molecule has 6 heteroatoms. The zero-order valence-electron chi connectivity index (χ0n) is 16.8. The molecule has 0 atom stereocenters. The fourth-order valence-corrected chi connectivity index (χ4v) is 3.07. The van der Waals surface area contributed by atoms with Gasteiger partial charge in [0.1, 0.15) is 5.75 Å². The van der Waals surface area contributed by atoms with E-state index in [1.807, 2.05) is 79.7 Å². The summed E-state index contributed by atoms with van der Waals surface area (Å²) in [6.45, 7) is 1.89. The second-order valence-electron chi connectivity index (χ2n) is 6.81. The lowest BCUT2D eigenvalue weighted by Gasteiger charge is -2.18. The molecule has 30 heavy (non-hydrogen) atoms. The van der Waals surface area contributed by atoms with Gasteiger partial charge in [-0.3, -0.25) is 4.79 Å². The van der Waals surface area contributed by atoms with E-state index in [9.17, 15) is 4.79 Å². The third kappa shape index (κ3) is 4.07. The Morgan fingerprint density at radius 3 is 2.37 bits per heavy atom. The van der Waals surface area contributed by atoms with Crippen LogP contribution in [0.2, 0.25) is 0 Å². The second kappa shape index (κ2) is 8.61. The van der Waals surface area contributed by atoms with E-state index < -0.39 is 0 Å². The molecule has 3 aromatic carbocycles. The molecule has 1 aromatic heterocycles. The summed E-state index contributed by atoms with van der Waals surface area (Å²) in [6.07, 6.45) is 0. The molecule has 0 saturated heterocycles. The standard InChI is InChI=1S/C24H21N3O3/c1-17-10-6-7-13-19(17)23-25-24(30-26-23)20-14-8-9-15-21(20)29-16-22(28)27(2)18-11-4-3-5-12-18/h3-15H,16H2,1-2H3. The maximum absolute atomic E-state index is 12.5. The molecule has 0 aliphatic rings. The van der Waals surface area contributed by atoms with Gasteiger partial charge in [0.2, 0.25) is 5.82 Å². The average molecular weight is 399 g/mol. The number of likely N-dealkylation sites (N-methyl/N-ethyl adjacent to an activating group) is 1. The minimum Gasteiger partial charge on any atom is -0.483 e. The Morgan fingerprint density at radius 2 is 1.60 bits per heavy atom. The van der Waals surface area contributed by atoms with Crippen molar-refractivity contribution in [2.45, 2.75) is 6.92 Å². The van der Waals surface area contributed by atoms with Crippen LogP contribution in [0.15, 0.2) is 83.4 Å². The summed E-state index contributed by atoms with van der Waals surface area (Å²) in [5.74, 6) is 1.19. The first-order valence-corrected chi connectivity index (χ1v) is 9.57. The van der Waals surface area contributed by atoms with Gasteiger partial charge in [0, 0.05) is 18.3 Å². The van der Waals surface area contributed by atoms with Crippen molar-refractivity contribution in [2.24, 2.45) is 0 Å². The maximum atomic E-state index is 12.5. The molecular formula is C24H21N3O3. The van der Waals surface area contributed by atoms with Crippen LogP contribution >= 0.6 is 0 Å². The van der Waals surface area contributed by atoms with Crippen LogP contribution in [0.25, 0.3) is 22.8 Å². The summed E-state index contributed by atoms with van der Waals surface area (Å²) >= 11 is 0. The number of benzene rings is 3. The van der Waals surface area contributed by atoms with E-state index in [2.05, 4.69) is 10.1 Å². The Labute approximate surface area is 174 Å².